The fourth-order valence-corrected chi connectivity index (χ4v) is 2.41. The van der Waals surface area contributed by atoms with Crippen LogP contribution in [0.15, 0.2) is 0 Å². The van der Waals surface area contributed by atoms with Gasteiger partial charge in [-0.25, -0.2) is 0 Å². The quantitative estimate of drug-likeness (QED) is 0.670. The molecule has 0 saturated heterocycles. The normalized spacial score (nSPS) is 30.6. The molecule has 0 bridgehead atoms. The van der Waals surface area contributed by atoms with Crippen LogP contribution in [0.1, 0.15) is 59.3 Å². The SMILES string of the molecule is CC#CCCC1(O)CCCCC1(C)C. The number of hydrogen-bond donors (Lipinski definition) is 1. The molecular weight excluding hydrogens is 172 g/mol. The second kappa shape index (κ2) is 4.36. The summed E-state index contributed by atoms with van der Waals surface area (Å²) in [5, 5.41) is 10.6. The molecule has 1 aliphatic rings. The lowest BCUT2D eigenvalue weighted by atomic mass is 9.64. The predicted molar refractivity (Wildman–Crippen MR) is 59.9 cm³/mol. The van der Waals surface area contributed by atoms with E-state index >= 15 is 0 Å². The third kappa shape index (κ3) is 2.30. The first-order valence-corrected chi connectivity index (χ1v) is 5.64. The third-order valence-corrected chi connectivity index (χ3v) is 3.74. The standard InChI is InChI=1S/C13H22O/c1-4-5-6-10-13(14)11-8-7-9-12(13,2)3/h14H,6-11H2,1-3H3. The van der Waals surface area contributed by atoms with Crippen molar-refractivity contribution >= 4 is 0 Å². The van der Waals surface area contributed by atoms with Crippen LogP contribution in [0, 0.1) is 17.3 Å². The van der Waals surface area contributed by atoms with Crippen LogP contribution in [0.5, 0.6) is 0 Å². The van der Waals surface area contributed by atoms with Crippen molar-refractivity contribution in [2.24, 2.45) is 5.41 Å². The Balaban J connectivity index is 2.62. The fourth-order valence-electron chi connectivity index (χ4n) is 2.41. The monoisotopic (exact) mass is 194 g/mol. The van der Waals surface area contributed by atoms with Crippen LogP contribution in [0.25, 0.3) is 0 Å². The fraction of sp³-hybridized carbons (Fsp3) is 0.846. The second-order valence-electron chi connectivity index (χ2n) is 5.05. The van der Waals surface area contributed by atoms with Gasteiger partial charge in [-0.2, -0.15) is 0 Å². The summed E-state index contributed by atoms with van der Waals surface area (Å²) in [6.07, 6.45) is 6.18. The number of aliphatic hydroxyl groups is 1. The topological polar surface area (TPSA) is 20.2 Å². The summed E-state index contributed by atoms with van der Waals surface area (Å²) >= 11 is 0. The highest BCUT2D eigenvalue weighted by atomic mass is 16.3. The zero-order valence-electron chi connectivity index (χ0n) is 9.69. The van der Waals surface area contributed by atoms with E-state index in [9.17, 15) is 5.11 Å². The molecule has 1 fully saturated rings. The molecule has 1 N–H and O–H groups in total. The lowest BCUT2D eigenvalue weighted by Gasteiger charge is -2.46. The molecule has 0 spiro atoms. The van der Waals surface area contributed by atoms with Gasteiger partial charge in [0.25, 0.3) is 0 Å². The van der Waals surface area contributed by atoms with E-state index in [2.05, 4.69) is 25.7 Å². The Hall–Kier alpha value is -0.480. The molecule has 1 atom stereocenters. The van der Waals surface area contributed by atoms with E-state index in [4.69, 9.17) is 0 Å². The molecule has 0 aliphatic heterocycles. The molecule has 0 amide bonds. The summed E-state index contributed by atoms with van der Waals surface area (Å²) in [7, 11) is 0. The van der Waals surface area contributed by atoms with E-state index < -0.39 is 5.60 Å². The molecule has 0 aromatic rings. The molecule has 80 valence electrons. The Morgan fingerprint density at radius 2 is 1.86 bits per heavy atom. The van der Waals surface area contributed by atoms with Crippen LogP contribution < -0.4 is 0 Å². The van der Waals surface area contributed by atoms with E-state index in [1.54, 1.807) is 0 Å². The smallest absolute Gasteiger partial charge is 0.0707 e. The zero-order valence-corrected chi connectivity index (χ0v) is 9.69. The van der Waals surface area contributed by atoms with Gasteiger partial charge in [0.15, 0.2) is 0 Å². The average molecular weight is 194 g/mol. The van der Waals surface area contributed by atoms with Gasteiger partial charge in [-0.15, -0.1) is 11.8 Å². The largest absolute Gasteiger partial charge is 0.389 e. The molecule has 14 heavy (non-hydrogen) atoms. The molecule has 0 aromatic heterocycles. The lowest BCUT2D eigenvalue weighted by Crippen LogP contribution is -2.46. The summed E-state index contributed by atoms with van der Waals surface area (Å²) in [6, 6.07) is 0. The summed E-state index contributed by atoms with van der Waals surface area (Å²) in [5.41, 5.74) is -0.407. The molecule has 1 saturated carbocycles. The van der Waals surface area contributed by atoms with Crippen molar-refractivity contribution < 1.29 is 5.11 Å². The summed E-state index contributed by atoms with van der Waals surface area (Å²) in [6.45, 7) is 6.23. The van der Waals surface area contributed by atoms with Crippen molar-refractivity contribution in [1.29, 1.82) is 0 Å². The first kappa shape index (κ1) is 11.6. The first-order valence-electron chi connectivity index (χ1n) is 5.64. The van der Waals surface area contributed by atoms with E-state index in [0.717, 1.165) is 25.7 Å². The Morgan fingerprint density at radius 1 is 1.21 bits per heavy atom. The lowest BCUT2D eigenvalue weighted by molar-refractivity contribution is -0.101. The van der Waals surface area contributed by atoms with Gasteiger partial charge in [0.2, 0.25) is 0 Å². The van der Waals surface area contributed by atoms with Crippen molar-refractivity contribution in [1.82, 2.24) is 0 Å². The summed E-state index contributed by atoms with van der Waals surface area (Å²) in [5.74, 6) is 5.94. The molecule has 1 nitrogen and oxygen atoms in total. The van der Waals surface area contributed by atoms with Gasteiger partial charge in [0, 0.05) is 6.42 Å². The molecule has 0 aromatic carbocycles. The van der Waals surface area contributed by atoms with Crippen molar-refractivity contribution in [3.8, 4) is 11.8 Å². The minimum absolute atomic E-state index is 0.0701. The molecule has 0 heterocycles. The maximum Gasteiger partial charge on any atom is 0.0707 e. The van der Waals surface area contributed by atoms with Crippen molar-refractivity contribution in [2.75, 3.05) is 0 Å². The Kier molecular flexibility index (Phi) is 3.61. The summed E-state index contributed by atoms with van der Waals surface area (Å²) < 4.78 is 0. The van der Waals surface area contributed by atoms with Gasteiger partial charge < -0.3 is 5.11 Å². The predicted octanol–water partition coefficient (Wildman–Crippen LogP) is 3.12. The Morgan fingerprint density at radius 3 is 2.43 bits per heavy atom. The van der Waals surface area contributed by atoms with Crippen LogP contribution in [0.3, 0.4) is 0 Å². The zero-order chi connectivity index (χ0) is 10.7. The first-order chi connectivity index (χ1) is 6.52. The van der Waals surface area contributed by atoms with Crippen molar-refractivity contribution in [2.45, 2.75) is 64.9 Å². The highest BCUT2D eigenvalue weighted by Gasteiger charge is 2.44. The Bertz CT molecular complexity index is 244. The van der Waals surface area contributed by atoms with Gasteiger partial charge in [-0.05, 0) is 31.6 Å². The van der Waals surface area contributed by atoms with Gasteiger partial charge in [-0.3, -0.25) is 0 Å². The van der Waals surface area contributed by atoms with Gasteiger partial charge in [0.1, 0.15) is 0 Å². The maximum atomic E-state index is 10.6. The van der Waals surface area contributed by atoms with Crippen molar-refractivity contribution in [3.05, 3.63) is 0 Å². The molecule has 1 rings (SSSR count). The minimum atomic E-state index is -0.477. The van der Waals surface area contributed by atoms with E-state index in [0.29, 0.717) is 0 Å². The van der Waals surface area contributed by atoms with Gasteiger partial charge >= 0.3 is 0 Å². The van der Waals surface area contributed by atoms with Crippen LogP contribution in [-0.4, -0.2) is 10.7 Å². The molecule has 1 heteroatoms. The highest BCUT2D eigenvalue weighted by molar-refractivity contribution is 5.01. The Labute approximate surface area is 87.9 Å². The molecule has 1 aliphatic carbocycles. The van der Waals surface area contributed by atoms with Crippen molar-refractivity contribution in [3.63, 3.8) is 0 Å². The van der Waals surface area contributed by atoms with Crippen LogP contribution in [0.4, 0.5) is 0 Å². The average Bonchev–Trinajstić information content (AvgIpc) is 2.11. The van der Waals surface area contributed by atoms with Crippen LogP contribution >= 0.6 is 0 Å². The number of hydrogen-bond acceptors (Lipinski definition) is 1. The number of rotatable bonds is 2. The van der Waals surface area contributed by atoms with Gasteiger partial charge in [0.05, 0.1) is 5.60 Å². The third-order valence-electron chi connectivity index (χ3n) is 3.74. The van der Waals surface area contributed by atoms with E-state index in [1.807, 2.05) is 6.92 Å². The maximum absolute atomic E-state index is 10.6. The van der Waals surface area contributed by atoms with Gasteiger partial charge in [-0.1, -0.05) is 26.7 Å². The molecular formula is C13H22O. The van der Waals surface area contributed by atoms with Crippen LogP contribution in [-0.2, 0) is 0 Å². The molecule has 1 unspecified atom stereocenters. The minimum Gasteiger partial charge on any atom is -0.389 e. The molecule has 0 radical (unpaired) electrons. The second-order valence-corrected chi connectivity index (χ2v) is 5.05. The highest BCUT2D eigenvalue weighted by Crippen LogP contribution is 2.46. The van der Waals surface area contributed by atoms with Crippen LogP contribution in [0.2, 0.25) is 0 Å². The summed E-state index contributed by atoms with van der Waals surface area (Å²) in [4.78, 5) is 0. The van der Waals surface area contributed by atoms with E-state index in [1.165, 1.54) is 12.8 Å². The van der Waals surface area contributed by atoms with E-state index in [-0.39, 0.29) is 5.41 Å².